The minimum absolute atomic E-state index is 0.226. The first-order valence-electron chi connectivity index (χ1n) is 17.5. The zero-order chi connectivity index (χ0) is 34.5. The molecular formula is C41H62N2O3. The fourth-order valence-electron chi connectivity index (χ4n) is 6.36. The Bertz CT molecular complexity index is 1290. The average Bonchev–Trinajstić information content (AvgIpc) is 2.96. The van der Waals surface area contributed by atoms with Gasteiger partial charge in [-0.1, -0.05) is 119 Å². The van der Waals surface area contributed by atoms with Gasteiger partial charge in [0.05, 0.1) is 0 Å². The van der Waals surface area contributed by atoms with Gasteiger partial charge in [0, 0.05) is 32.7 Å². The van der Waals surface area contributed by atoms with Crippen molar-refractivity contribution in [3.63, 3.8) is 0 Å². The van der Waals surface area contributed by atoms with E-state index >= 15 is 0 Å². The molecule has 0 saturated heterocycles. The summed E-state index contributed by atoms with van der Waals surface area (Å²) in [6.45, 7) is 29.5. The van der Waals surface area contributed by atoms with E-state index in [1.54, 1.807) is 0 Å². The number of phenols is 3. The van der Waals surface area contributed by atoms with Gasteiger partial charge in [0.15, 0.2) is 0 Å². The Morgan fingerprint density at radius 3 is 0.978 bits per heavy atom. The maximum atomic E-state index is 11.1. The van der Waals surface area contributed by atoms with Crippen LogP contribution in [0.3, 0.4) is 0 Å². The molecule has 0 unspecified atom stereocenters. The minimum atomic E-state index is 0.226. The highest BCUT2D eigenvalue weighted by atomic mass is 16.3. The van der Waals surface area contributed by atoms with Crippen molar-refractivity contribution in [2.24, 2.45) is 0 Å². The van der Waals surface area contributed by atoms with Gasteiger partial charge in [-0.3, -0.25) is 4.90 Å². The molecule has 3 aromatic rings. The van der Waals surface area contributed by atoms with Gasteiger partial charge >= 0.3 is 0 Å². The van der Waals surface area contributed by atoms with Gasteiger partial charge in [-0.2, -0.15) is 0 Å². The zero-order valence-electron chi connectivity index (χ0n) is 30.8. The van der Waals surface area contributed by atoms with Gasteiger partial charge in [-0.25, -0.2) is 0 Å². The summed E-state index contributed by atoms with van der Waals surface area (Å²) in [5.74, 6) is 2.70. The molecule has 0 bridgehead atoms. The summed E-state index contributed by atoms with van der Waals surface area (Å²) in [4.78, 5) is 2.48. The van der Waals surface area contributed by atoms with Crippen molar-refractivity contribution in [1.82, 2.24) is 10.2 Å². The molecule has 0 fully saturated rings. The van der Waals surface area contributed by atoms with Crippen molar-refractivity contribution in [3.05, 3.63) is 86.5 Å². The molecule has 0 aromatic heterocycles. The smallest absolute Gasteiger partial charge is 0.122 e. The number of phenolic OH excluding ortho intramolecular Hbond substituents is 3. The first-order valence-corrected chi connectivity index (χ1v) is 17.5. The van der Waals surface area contributed by atoms with Crippen LogP contribution in [-0.4, -0.2) is 33.3 Å². The standard InChI is InChI=1S/C41H62N2O3/c1-24(2)33-15-30(16-34(25(3)4)39(33)44)21-42-13-14-43(22-31-17-35(26(5)6)40(45)36(18-31)27(7)8)23-32-19-37(28(9)10)41(46)38(20-32)29(11)12/h15-20,24-29,42,44-46H,13-14,21-23H2,1-12H3. The lowest BCUT2D eigenvalue weighted by Crippen LogP contribution is -2.31. The molecule has 5 nitrogen and oxygen atoms in total. The average molecular weight is 631 g/mol. The highest BCUT2D eigenvalue weighted by Gasteiger charge is 2.20. The van der Waals surface area contributed by atoms with Crippen LogP contribution < -0.4 is 5.32 Å². The molecule has 46 heavy (non-hydrogen) atoms. The highest BCUT2D eigenvalue weighted by Crippen LogP contribution is 2.38. The fraction of sp³-hybridized carbons (Fsp3) is 0.561. The van der Waals surface area contributed by atoms with Gasteiger partial charge < -0.3 is 20.6 Å². The summed E-state index contributed by atoms with van der Waals surface area (Å²) < 4.78 is 0. The largest absolute Gasteiger partial charge is 0.507 e. The summed E-state index contributed by atoms with van der Waals surface area (Å²) in [5.41, 5.74) is 9.63. The maximum absolute atomic E-state index is 11.1. The Morgan fingerprint density at radius 2 is 0.717 bits per heavy atom. The van der Waals surface area contributed by atoms with Crippen LogP contribution in [0, 0.1) is 0 Å². The van der Waals surface area contributed by atoms with Crippen LogP contribution in [0.1, 0.15) is 169 Å². The number of nitrogens with one attached hydrogen (secondary N) is 1. The van der Waals surface area contributed by atoms with E-state index in [0.717, 1.165) is 66.1 Å². The number of nitrogens with zero attached hydrogens (tertiary/aromatic N) is 1. The molecule has 3 aromatic carbocycles. The van der Waals surface area contributed by atoms with Crippen LogP contribution in [0.25, 0.3) is 0 Å². The van der Waals surface area contributed by atoms with E-state index in [1.807, 2.05) is 0 Å². The monoisotopic (exact) mass is 630 g/mol. The number of hydrogen-bond donors (Lipinski definition) is 4. The van der Waals surface area contributed by atoms with E-state index in [4.69, 9.17) is 0 Å². The van der Waals surface area contributed by atoms with Crippen LogP contribution >= 0.6 is 0 Å². The Labute approximate surface area is 280 Å². The number of benzene rings is 3. The van der Waals surface area contributed by atoms with Crippen molar-refractivity contribution < 1.29 is 15.3 Å². The quantitative estimate of drug-likeness (QED) is 0.126. The topological polar surface area (TPSA) is 76.0 Å². The van der Waals surface area contributed by atoms with Crippen LogP contribution in [-0.2, 0) is 19.6 Å². The van der Waals surface area contributed by atoms with Crippen LogP contribution in [0.5, 0.6) is 17.2 Å². The first-order chi connectivity index (χ1) is 21.5. The number of aromatic hydroxyl groups is 3. The van der Waals surface area contributed by atoms with Crippen LogP contribution in [0.15, 0.2) is 36.4 Å². The maximum Gasteiger partial charge on any atom is 0.122 e. The van der Waals surface area contributed by atoms with Crippen molar-refractivity contribution in [2.75, 3.05) is 13.1 Å². The summed E-state index contributed by atoms with van der Waals surface area (Å²) >= 11 is 0. The third-order valence-electron chi connectivity index (χ3n) is 9.16. The molecule has 0 spiro atoms. The van der Waals surface area contributed by atoms with Gasteiger partial charge in [0.1, 0.15) is 17.2 Å². The molecule has 0 aliphatic rings. The zero-order valence-corrected chi connectivity index (χ0v) is 30.8. The third kappa shape index (κ3) is 9.29. The molecule has 0 atom stereocenters. The molecule has 0 radical (unpaired) electrons. The van der Waals surface area contributed by atoms with Crippen molar-refractivity contribution in [2.45, 2.75) is 138 Å². The lowest BCUT2D eigenvalue weighted by Gasteiger charge is -2.26. The van der Waals surface area contributed by atoms with Gasteiger partial charge in [0.25, 0.3) is 0 Å². The molecule has 0 saturated carbocycles. The Hall–Kier alpha value is -3.02. The van der Waals surface area contributed by atoms with Crippen LogP contribution in [0.4, 0.5) is 0 Å². The van der Waals surface area contributed by atoms with Gasteiger partial charge in [-0.15, -0.1) is 0 Å². The second kappa shape index (κ2) is 16.2. The summed E-state index contributed by atoms with van der Waals surface area (Å²) in [6.07, 6.45) is 0. The lowest BCUT2D eigenvalue weighted by atomic mass is 9.90. The van der Waals surface area contributed by atoms with Gasteiger partial charge in [0.2, 0.25) is 0 Å². The van der Waals surface area contributed by atoms with E-state index in [-0.39, 0.29) is 35.5 Å². The SMILES string of the molecule is CC(C)c1cc(CNCCN(Cc2cc(C(C)C)c(O)c(C(C)C)c2)Cc2cc(C(C)C)c(O)c(C(C)C)c2)cc(C(C)C)c1O. The third-order valence-corrected chi connectivity index (χ3v) is 9.16. The second-order valence-corrected chi connectivity index (χ2v) is 15.2. The molecule has 3 rings (SSSR count). The fourth-order valence-corrected chi connectivity index (χ4v) is 6.36. The van der Waals surface area contributed by atoms with E-state index in [2.05, 4.69) is 130 Å². The Morgan fingerprint density at radius 1 is 0.457 bits per heavy atom. The van der Waals surface area contributed by atoms with Crippen molar-refractivity contribution in [3.8, 4) is 17.2 Å². The van der Waals surface area contributed by atoms with Crippen molar-refractivity contribution in [1.29, 1.82) is 0 Å². The van der Waals surface area contributed by atoms with Crippen molar-refractivity contribution >= 4 is 0 Å². The first kappa shape index (κ1) is 37.4. The van der Waals surface area contributed by atoms with E-state index < -0.39 is 0 Å². The second-order valence-electron chi connectivity index (χ2n) is 15.2. The summed E-state index contributed by atoms with van der Waals surface area (Å²) in [7, 11) is 0. The van der Waals surface area contributed by atoms with E-state index in [0.29, 0.717) is 17.2 Å². The summed E-state index contributed by atoms with van der Waals surface area (Å²) in [6, 6.07) is 13.0. The molecule has 0 amide bonds. The predicted octanol–water partition coefficient (Wildman–Crippen LogP) is 10.3. The molecule has 4 N–H and O–H groups in total. The highest BCUT2D eigenvalue weighted by molar-refractivity contribution is 5.49. The Balaban J connectivity index is 1.93. The van der Waals surface area contributed by atoms with Gasteiger partial charge in [-0.05, 0) is 85.6 Å². The Kier molecular flexibility index (Phi) is 13.2. The molecule has 5 heteroatoms. The molecular weight excluding hydrogens is 568 g/mol. The normalized spacial score (nSPS) is 12.3. The minimum Gasteiger partial charge on any atom is -0.507 e. The number of hydrogen-bond acceptors (Lipinski definition) is 5. The molecule has 0 heterocycles. The lowest BCUT2D eigenvalue weighted by molar-refractivity contribution is 0.255. The van der Waals surface area contributed by atoms with E-state index in [1.165, 1.54) is 16.7 Å². The van der Waals surface area contributed by atoms with E-state index in [9.17, 15) is 15.3 Å². The molecule has 0 aliphatic carbocycles. The predicted molar refractivity (Wildman–Crippen MR) is 195 cm³/mol. The molecule has 254 valence electrons. The summed E-state index contributed by atoms with van der Waals surface area (Å²) in [5, 5.41) is 36.7. The molecule has 0 aliphatic heterocycles. The number of rotatable bonds is 15. The van der Waals surface area contributed by atoms with Crippen LogP contribution in [0.2, 0.25) is 0 Å².